The first-order chi connectivity index (χ1) is 19.0. The quantitative estimate of drug-likeness (QED) is 0.343. The maximum Gasteiger partial charge on any atom is 0.253 e. The largest absolute Gasteiger partial charge is 0.497 e. The molecule has 0 amide bonds. The van der Waals surface area contributed by atoms with Crippen LogP contribution in [0.2, 0.25) is 0 Å². The smallest absolute Gasteiger partial charge is 0.253 e. The Bertz CT molecular complexity index is 1630. The van der Waals surface area contributed by atoms with Gasteiger partial charge in [0.1, 0.15) is 24.1 Å². The van der Waals surface area contributed by atoms with Gasteiger partial charge in [0.15, 0.2) is 5.82 Å². The van der Waals surface area contributed by atoms with Crippen LogP contribution in [0.25, 0.3) is 10.9 Å². The van der Waals surface area contributed by atoms with Crippen molar-refractivity contribution in [2.24, 2.45) is 0 Å². The second-order valence-corrected chi connectivity index (χ2v) is 9.98. The number of hydrogen-bond acceptors (Lipinski definition) is 8. The number of furan rings is 1. The number of piperazine rings is 1. The first-order valence-electron chi connectivity index (χ1n) is 13.1. The fourth-order valence-electron chi connectivity index (χ4n) is 5.30. The zero-order valence-corrected chi connectivity index (χ0v) is 22.3. The summed E-state index contributed by atoms with van der Waals surface area (Å²) in [5.74, 6) is 2.19. The lowest BCUT2D eigenvalue weighted by atomic mass is 10.00. The Morgan fingerprint density at radius 2 is 1.79 bits per heavy atom. The van der Waals surface area contributed by atoms with Crippen molar-refractivity contribution in [3.05, 3.63) is 99.5 Å². The van der Waals surface area contributed by atoms with E-state index in [-0.39, 0.29) is 5.56 Å². The number of methoxy groups -OCH3 is 1. The number of anilines is 1. The van der Waals surface area contributed by atoms with E-state index >= 15 is 0 Å². The third-order valence-corrected chi connectivity index (χ3v) is 7.59. The molecular formula is C29H31N7O3. The highest BCUT2D eigenvalue weighted by Crippen LogP contribution is 2.30. The minimum Gasteiger partial charge on any atom is -0.497 e. The molecule has 10 heteroatoms. The molecule has 1 unspecified atom stereocenters. The molecule has 200 valence electrons. The summed E-state index contributed by atoms with van der Waals surface area (Å²) < 4.78 is 12.6. The molecule has 2 aromatic carbocycles. The molecule has 1 fully saturated rings. The van der Waals surface area contributed by atoms with Crippen molar-refractivity contribution in [2.75, 3.05) is 38.2 Å². The summed E-state index contributed by atoms with van der Waals surface area (Å²) in [6, 6.07) is 17.6. The fourth-order valence-corrected chi connectivity index (χ4v) is 5.30. The lowest BCUT2D eigenvalue weighted by molar-refractivity contribution is 0.200. The Labute approximate surface area is 225 Å². The van der Waals surface area contributed by atoms with E-state index in [1.807, 2.05) is 36.4 Å². The van der Waals surface area contributed by atoms with E-state index in [0.29, 0.717) is 17.9 Å². The lowest BCUT2D eigenvalue weighted by Gasteiger charge is -2.39. The number of benzene rings is 2. The van der Waals surface area contributed by atoms with Crippen molar-refractivity contribution in [3.63, 3.8) is 0 Å². The van der Waals surface area contributed by atoms with E-state index in [1.165, 1.54) is 5.56 Å². The van der Waals surface area contributed by atoms with Crippen LogP contribution < -0.4 is 15.2 Å². The number of pyridine rings is 1. The number of fused-ring (bicyclic) bond motifs is 1. The molecular weight excluding hydrogens is 494 g/mol. The summed E-state index contributed by atoms with van der Waals surface area (Å²) in [6.07, 6.45) is 1.63. The third kappa shape index (κ3) is 4.90. The Morgan fingerprint density at radius 1 is 1.03 bits per heavy atom. The van der Waals surface area contributed by atoms with Crippen LogP contribution in [-0.4, -0.2) is 63.4 Å². The maximum absolute atomic E-state index is 13.6. The number of tetrazole rings is 1. The molecule has 39 heavy (non-hydrogen) atoms. The second kappa shape index (κ2) is 10.4. The number of ether oxygens (including phenoxy) is 1. The van der Waals surface area contributed by atoms with Gasteiger partial charge in [0, 0.05) is 42.9 Å². The van der Waals surface area contributed by atoms with Crippen LogP contribution in [0.4, 0.5) is 5.69 Å². The van der Waals surface area contributed by atoms with E-state index in [9.17, 15) is 4.79 Å². The van der Waals surface area contributed by atoms with Gasteiger partial charge < -0.3 is 19.0 Å². The molecule has 1 saturated heterocycles. The van der Waals surface area contributed by atoms with Crippen LogP contribution in [0.15, 0.2) is 70.1 Å². The Hall–Kier alpha value is -4.44. The molecule has 1 aliphatic heterocycles. The van der Waals surface area contributed by atoms with Gasteiger partial charge in [-0.1, -0.05) is 0 Å². The first kappa shape index (κ1) is 24.9. The van der Waals surface area contributed by atoms with Crippen LogP contribution in [-0.2, 0) is 6.54 Å². The van der Waals surface area contributed by atoms with E-state index < -0.39 is 6.04 Å². The third-order valence-electron chi connectivity index (χ3n) is 7.59. The van der Waals surface area contributed by atoms with E-state index in [2.05, 4.69) is 62.4 Å². The van der Waals surface area contributed by atoms with Gasteiger partial charge in [0.2, 0.25) is 0 Å². The van der Waals surface area contributed by atoms with Crippen LogP contribution in [0.5, 0.6) is 5.75 Å². The molecule has 10 nitrogen and oxygen atoms in total. The zero-order chi connectivity index (χ0) is 26.9. The molecule has 5 aromatic rings. The highest BCUT2D eigenvalue weighted by molar-refractivity contribution is 5.81. The van der Waals surface area contributed by atoms with Crippen LogP contribution in [0, 0.1) is 13.8 Å². The fraction of sp³-hybridized carbons (Fsp3) is 0.310. The van der Waals surface area contributed by atoms with Gasteiger partial charge in [0.25, 0.3) is 5.56 Å². The topological polar surface area (TPSA) is 105 Å². The zero-order valence-electron chi connectivity index (χ0n) is 22.3. The molecule has 0 aliphatic carbocycles. The number of aromatic nitrogens is 5. The molecule has 1 aliphatic rings. The highest BCUT2D eigenvalue weighted by Gasteiger charge is 2.33. The number of H-pyrrole nitrogens is 1. The van der Waals surface area contributed by atoms with Crippen LogP contribution >= 0.6 is 0 Å². The molecule has 0 saturated carbocycles. The SMILES string of the molecule is COc1ccc(N2CCN(C(c3cc4cc(C)c(C)cc4[nH]c3=O)c3nnnn3Cc3ccco3)CC2)cc1. The summed E-state index contributed by atoms with van der Waals surface area (Å²) >= 11 is 0. The van der Waals surface area contributed by atoms with Crippen molar-refractivity contribution in [3.8, 4) is 5.75 Å². The van der Waals surface area contributed by atoms with Crippen molar-refractivity contribution >= 4 is 16.6 Å². The van der Waals surface area contributed by atoms with Crippen LogP contribution in [0.1, 0.15) is 34.3 Å². The number of hydrogen-bond donors (Lipinski definition) is 1. The molecule has 1 N–H and O–H groups in total. The summed E-state index contributed by atoms with van der Waals surface area (Å²) in [5, 5.41) is 13.7. The van der Waals surface area contributed by atoms with Crippen molar-refractivity contribution < 1.29 is 9.15 Å². The van der Waals surface area contributed by atoms with E-state index in [0.717, 1.165) is 59.8 Å². The Kier molecular flexibility index (Phi) is 6.62. The lowest BCUT2D eigenvalue weighted by Crippen LogP contribution is -2.49. The van der Waals surface area contributed by atoms with Crippen molar-refractivity contribution in [1.82, 2.24) is 30.1 Å². The average Bonchev–Trinajstić information content (AvgIpc) is 3.64. The van der Waals surface area contributed by atoms with Gasteiger partial charge in [-0.05, 0) is 95.4 Å². The monoisotopic (exact) mass is 525 g/mol. The van der Waals surface area contributed by atoms with Gasteiger partial charge >= 0.3 is 0 Å². The second-order valence-electron chi connectivity index (χ2n) is 9.98. The van der Waals surface area contributed by atoms with Gasteiger partial charge in [0.05, 0.1) is 13.4 Å². The van der Waals surface area contributed by atoms with Gasteiger partial charge in [-0.15, -0.1) is 5.10 Å². The van der Waals surface area contributed by atoms with E-state index in [1.54, 1.807) is 18.1 Å². The molecule has 0 radical (unpaired) electrons. The molecule has 4 heterocycles. The summed E-state index contributed by atoms with van der Waals surface area (Å²) in [5.41, 5.74) is 4.77. The molecule has 1 atom stereocenters. The predicted molar refractivity (Wildman–Crippen MR) is 148 cm³/mol. The van der Waals surface area contributed by atoms with E-state index in [4.69, 9.17) is 9.15 Å². The molecule has 6 rings (SSSR count). The number of rotatable bonds is 7. The average molecular weight is 526 g/mol. The van der Waals surface area contributed by atoms with Gasteiger partial charge in [-0.25, -0.2) is 4.68 Å². The summed E-state index contributed by atoms with van der Waals surface area (Å²) in [6.45, 7) is 7.57. The van der Waals surface area contributed by atoms with Crippen LogP contribution in [0.3, 0.4) is 0 Å². The Balaban J connectivity index is 1.37. The predicted octanol–water partition coefficient (Wildman–Crippen LogP) is 3.69. The minimum absolute atomic E-state index is 0.138. The number of nitrogens with one attached hydrogen (secondary N) is 1. The standard InChI is InChI=1S/C29H31N7O3/c1-19-15-21-17-25(29(37)30-26(21)16-20(19)2)27(28-31-32-33-36(28)18-24-5-4-14-39-24)35-12-10-34(11-13-35)22-6-8-23(38-3)9-7-22/h4-9,14-17,27H,10-13,18H2,1-3H3,(H,30,37). The minimum atomic E-state index is -0.428. The molecule has 3 aromatic heterocycles. The van der Waals surface area contributed by atoms with Crippen molar-refractivity contribution in [1.29, 1.82) is 0 Å². The number of nitrogens with zero attached hydrogens (tertiary/aromatic N) is 6. The number of aryl methyl sites for hydroxylation is 2. The summed E-state index contributed by atoms with van der Waals surface area (Å²) in [4.78, 5) is 21.3. The molecule has 0 spiro atoms. The Morgan fingerprint density at radius 3 is 2.51 bits per heavy atom. The number of aromatic amines is 1. The molecule has 0 bridgehead atoms. The maximum atomic E-state index is 13.6. The van der Waals surface area contributed by atoms with Gasteiger partial charge in [-0.2, -0.15) is 0 Å². The summed E-state index contributed by atoms with van der Waals surface area (Å²) in [7, 11) is 1.67. The first-order valence-corrected chi connectivity index (χ1v) is 13.1. The van der Waals surface area contributed by atoms with Gasteiger partial charge in [-0.3, -0.25) is 9.69 Å². The highest BCUT2D eigenvalue weighted by atomic mass is 16.5. The normalized spacial score (nSPS) is 15.1. The van der Waals surface area contributed by atoms with Crippen molar-refractivity contribution in [2.45, 2.75) is 26.4 Å².